The monoisotopic (exact) mass is 712 g/mol. The SMILES string of the molecule is C1CCOC1.[Ni]=[C](N(C(=Nc1ccccc1)[N-]c1ccccc1)c1ccccc1)N(C(=Nc1ccccc1)[N-]c1ccccc1)c1ccccc1. The van der Waals surface area contributed by atoms with Crippen molar-refractivity contribution in [1.29, 1.82) is 0 Å². The van der Waals surface area contributed by atoms with Crippen molar-refractivity contribution in [3.05, 3.63) is 193 Å². The van der Waals surface area contributed by atoms with Crippen LogP contribution < -0.4 is 9.80 Å². The van der Waals surface area contributed by atoms with E-state index in [-0.39, 0.29) is 0 Å². The van der Waals surface area contributed by atoms with Crippen LogP contribution in [-0.2, 0) is 19.8 Å². The van der Waals surface area contributed by atoms with Crippen LogP contribution in [0.15, 0.2) is 192 Å². The van der Waals surface area contributed by atoms with Crippen molar-refractivity contribution in [3.63, 3.8) is 0 Å². The van der Waals surface area contributed by atoms with Gasteiger partial charge < -0.3 is 4.74 Å². The number of para-hydroxylation sites is 6. The van der Waals surface area contributed by atoms with Gasteiger partial charge >= 0.3 is 278 Å². The predicted octanol–water partition coefficient (Wildman–Crippen LogP) is 11.2. The Morgan fingerprint density at radius 3 is 1.08 bits per heavy atom. The second-order valence-electron chi connectivity index (χ2n) is 11.3. The van der Waals surface area contributed by atoms with E-state index >= 15 is 0 Å². The van der Waals surface area contributed by atoms with Crippen molar-refractivity contribution in [2.45, 2.75) is 12.8 Å². The number of benzene rings is 6. The first kappa shape index (κ1) is 35.0. The van der Waals surface area contributed by atoms with Crippen LogP contribution in [0.2, 0.25) is 0 Å². The summed E-state index contributed by atoms with van der Waals surface area (Å²) >= 11 is 6.01. The van der Waals surface area contributed by atoms with E-state index < -0.39 is 0 Å². The van der Waals surface area contributed by atoms with Crippen LogP contribution >= 0.6 is 0 Å². The fourth-order valence-corrected chi connectivity index (χ4v) is 5.52. The molecule has 0 spiro atoms. The topological polar surface area (TPSA) is 68.6 Å². The molecule has 0 atom stereocenters. The van der Waals surface area contributed by atoms with Crippen LogP contribution in [0.25, 0.3) is 10.6 Å². The molecule has 1 aliphatic heterocycles. The van der Waals surface area contributed by atoms with Gasteiger partial charge in [0.05, 0.1) is 0 Å². The summed E-state index contributed by atoms with van der Waals surface area (Å²) in [6.45, 7) is 2.00. The normalized spacial score (nSPS) is 12.7. The maximum atomic E-state index is 6.01. The molecule has 51 heavy (non-hydrogen) atoms. The molecule has 0 aromatic heterocycles. The van der Waals surface area contributed by atoms with Crippen LogP contribution in [0.1, 0.15) is 12.8 Å². The Hall–Kier alpha value is -5.82. The molecule has 1 fully saturated rings. The van der Waals surface area contributed by atoms with Gasteiger partial charge in [-0.05, 0) is 12.8 Å². The van der Waals surface area contributed by atoms with Gasteiger partial charge in [0, 0.05) is 13.2 Å². The molecule has 0 amide bonds. The number of anilines is 2. The van der Waals surface area contributed by atoms with E-state index in [9.17, 15) is 0 Å². The molecule has 6 aromatic carbocycles. The first-order chi connectivity index (χ1) is 25.2. The zero-order valence-electron chi connectivity index (χ0n) is 28.1. The number of ether oxygens (including phenoxy) is 1. The molecule has 0 unspecified atom stereocenters. The van der Waals surface area contributed by atoms with E-state index in [4.69, 9.17) is 40.4 Å². The molecule has 0 aliphatic carbocycles. The second-order valence-corrected chi connectivity index (χ2v) is 11.7. The summed E-state index contributed by atoms with van der Waals surface area (Å²) in [6, 6.07) is 58.8. The molecule has 1 aliphatic rings. The number of hydrogen-bond donors (Lipinski definition) is 0. The number of hydrogen-bond acceptors (Lipinski definition) is 3. The molecule has 1 saturated heterocycles. The van der Waals surface area contributed by atoms with Gasteiger partial charge in [-0.15, -0.1) is 0 Å². The standard InChI is InChI=1S/C39H30N6.C4H8O.Ni/c1-7-19-32(20-8-1)40-38(41-33-21-9-2-10-22-33)44(36-27-15-5-16-28-36)31-45(37-29-17-6-18-30-37)39(42-34-23-11-3-12-24-34)43-35-25-13-4-14-26-35;1-2-4-5-3-1;/h1-30H;1-4H2;/q-2;;. The van der Waals surface area contributed by atoms with Gasteiger partial charge in [-0.1, -0.05) is 0 Å². The molecular weight excluding hydrogens is 675 g/mol. The molecule has 1 heterocycles. The van der Waals surface area contributed by atoms with E-state index in [0.717, 1.165) is 47.3 Å². The summed E-state index contributed by atoms with van der Waals surface area (Å²) in [5.74, 6) is 0.786. The first-order valence-corrected chi connectivity index (χ1v) is 17.3. The van der Waals surface area contributed by atoms with Crippen LogP contribution in [0.5, 0.6) is 0 Å². The van der Waals surface area contributed by atoms with Crippen LogP contribution in [0, 0.1) is 0 Å². The Morgan fingerprint density at radius 1 is 0.451 bits per heavy atom. The summed E-state index contributed by atoms with van der Waals surface area (Å²) in [6.07, 6.45) is 2.56. The van der Waals surface area contributed by atoms with E-state index in [1.54, 1.807) is 0 Å². The van der Waals surface area contributed by atoms with Crippen molar-refractivity contribution in [3.8, 4) is 0 Å². The third kappa shape index (κ3) is 10.3. The van der Waals surface area contributed by atoms with Gasteiger partial charge in [0.25, 0.3) is 0 Å². The van der Waals surface area contributed by atoms with Crippen molar-refractivity contribution in [2.75, 3.05) is 23.0 Å². The van der Waals surface area contributed by atoms with Crippen LogP contribution in [0.4, 0.5) is 34.1 Å². The summed E-state index contributed by atoms with van der Waals surface area (Å²) in [4.78, 5) is 13.9. The Balaban J connectivity index is 0.000000825. The van der Waals surface area contributed by atoms with E-state index in [0.29, 0.717) is 16.7 Å². The Labute approximate surface area is 307 Å². The van der Waals surface area contributed by atoms with Gasteiger partial charge in [-0.25, -0.2) is 0 Å². The number of guanidine groups is 2. The van der Waals surface area contributed by atoms with Gasteiger partial charge in [0.15, 0.2) is 0 Å². The molecule has 0 bridgehead atoms. The minimum absolute atomic E-state index is 0.393. The fraction of sp³-hybridized carbons (Fsp3) is 0.0930. The molecule has 0 N–H and O–H groups in total. The third-order valence-electron chi connectivity index (χ3n) is 7.54. The molecule has 7 nitrogen and oxygen atoms in total. The van der Waals surface area contributed by atoms with Crippen molar-refractivity contribution in [1.82, 2.24) is 0 Å². The fourth-order valence-electron chi connectivity index (χ4n) is 5.07. The van der Waals surface area contributed by atoms with E-state index in [1.807, 2.05) is 192 Å². The minimum atomic E-state index is 0.393. The Bertz CT molecular complexity index is 1830. The first-order valence-electron chi connectivity index (χ1n) is 16.8. The molecular formula is C43H38N6NiO-2. The average molecular weight is 714 g/mol. The van der Waals surface area contributed by atoms with Gasteiger partial charge in [-0.3, -0.25) is 0 Å². The molecule has 0 saturated carbocycles. The molecule has 0 radical (unpaired) electrons. The van der Waals surface area contributed by atoms with Crippen molar-refractivity contribution < 1.29 is 19.8 Å². The maximum absolute atomic E-state index is 6.01. The summed E-state index contributed by atoms with van der Waals surface area (Å²) in [5, 5.41) is 10.1. The average Bonchev–Trinajstić information content (AvgIpc) is 3.79. The summed E-state index contributed by atoms with van der Waals surface area (Å²) in [7, 11) is 0. The zero-order valence-corrected chi connectivity index (χ0v) is 29.0. The van der Waals surface area contributed by atoms with Crippen LogP contribution in [0.3, 0.4) is 0 Å². The zero-order chi connectivity index (χ0) is 34.9. The van der Waals surface area contributed by atoms with Gasteiger partial charge in [0.1, 0.15) is 0 Å². The van der Waals surface area contributed by atoms with Crippen molar-refractivity contribution in [2.24, 2.45) is 9.98 Å². The molecule has 258 valence electrons. The van der Waals surface area contributed by atoms with E-state index in [2.05, 4.69) is 0 Å². The Kier molecular flexibility index (Phi) is 12.9. The predicted molar refractivity (Wildman–Crippen MR) is 209 cm³/mol. The van der Waals surface area contributed by atoms with Gasteiger partial charge in [0.2, 0.25) is 0 Å². The molecule has 8 heteroatoms. The Morgan fingerprint density at radius 2 is 0.765 bits per heavy atom. The summed E-state index contributed by atoms with van der Waals surface area (Å²) < 4.78 is 5.35. The number of nitrogens with zero attached hydrogens (tertiary/aromatic N) is 6. The number of aliphatic imine (C=N–C) groups is 2. The van der Waals surface area contributed by atoms with Gasteiger partial charge in [-0.2, -0.15) is 0 Å². The number of rotatable bonds is 8. The van der Waals surface area contributed by atoms with Crippen LogP contribution in [-0.4, -0.2) is 29.9 Å². The summed E-state index contributed by atoms with van der Waals surface area (Å²) in [5.41, 5.74) is 4.54. The van der Waals surface area contributed by atoms with Crippen molar-refractivity contribution >= 4 is 50.8 Å². The second kappa shape index (κ2) is 18.8. The molecule has 6 aromatic rings. The molecule has 7 rings (SSSR count). The third-order valence-corrected chi connectivity index (χ3v) is 7.98. The van der Waals surface area contributed by atoms with E-state index in [1.165, 1.54) is 12.8 Å². The quantitative estimate of drug-likeness (QED) is 0.0896.